The van der Waals surface area contributed by atoms with Gasteiger partial charge in [0, 0.05) is 6.07 Å². The Morgan fingerprint density at radius 2 is 1.77 bits per heavy atom. The first-order chi connectivity index (χ1) is 12.8. The van der Waals surface area contributed by atoms with Gasteiger partial charge in [0.1, 0.15) is 6.61 Å². The fraction of sp³-hybridized carbons (Fsp3) is 0.0952. The molecule has 0 aliphatic rings. The summed E-state index contributed by atoms with van der Waals surface area (Å²) in [6.45, 7) is 0.270. The first kappa shape index (κ1) is 17.2. The lowest BCUT2D eigenvalue weighted by molar-refractivity contribution is 0.111. The minimum atomic E-state index is 0.223. The van der Waals surface area contributed by atoms with Crippen LogP contribution in [0.15, 0.2) is 60.7 Å². The Balaban J connectivity index is 1.88. The Bertz CT molecular complexity index is 977. The van der Waals surface area contributed by atoms with Crippen LogP contribution < -0.4 is 9.47 Å². The molecule has 0 aliphatic heterocycles. The molecule has 0 bridgehead atoms. The van der Waals surface area contributed by atoms with Crippen LogP contribution in [0.3, 0.4) is 0 Å². The SMILES string of the molecule is COc1nc(OCc2ccccc2-c2ccccc2C#N)ccc1C=O. The molecule has 5 heteroatoms. The number of hydrogen-bond donors (Lipinski definition) is 0. The third-order valence-corrected chi connectivity index (χ3v) is 3.92. The topological polar surface area (TPSA) is 72.2 Å². The van der Waals surface area contributed by atoms with Crippen LogP contribution >= 0.6 is 0 Å². The van der Waals surface area contributed by atoms with E-state index < -0.39 is 0 Å². The molecule has 2 aromatic carbocycles. The van der Waals surface area contributed by atoms with Crippen molar-refractivity contribution in [3.05, 3.63) is 77.4 Å². The van der Waals surface area contributed by atoms with Gasteiger partial charge in [-0.1, -0.05) is 42.5 Å². The van der Waals surface area contributed by atoms with Crippen LogP contribution in [0.5, 0.6) is 11.8 Å². The van der Waals surface area contributed by atoms with Gasteiger partial charge in [0.05, 0.1) is 24.3 Å². The van der Waals surface area contributed by atoms with Crippen molar-refractivity contribution >= 4 is 6.29 Å². The summed E-state index contributed by atoms with van der Waals surface area (Å²) in [4.78, 5) is 15.1. The fourth-order valence-electron chi connectivity index (χ4n) is 2.64. The maximum absolute atomic E-state index is 11.0. The van der Waals surface area contributed by atoms with Gasteiger partial charge in [-0.05, 0) is 28.8 Å². The molecule has 26 heavy (non-hydrogen) atoms. The van der Waals surface area contributed by atoms with Crippen LogP contribution in [-0.4, -0.2) is 18.4 Å². The number of aromatic nitrogens is 1. The summed E-state index contributed by atoms with van der Waals surface area (Å²) in [5.41, 5.74) is 3.69. The molecular weight excluding hydrogens is 328 g/mol. The molecule has 3 aromatic rings. The van der Waals surface area contributed by atoms with E-state index in [-0.39, 0.29) is 12.5 Å². The number of ether oxygens (including phenoxy) is 2. The Morgan fingerprint density at radius 1 is 1.04 bits per heavy atom. The third kappa shape index (κ3) is 3.55. The number of carbonyl (C=O) groups excluding carboxylic acids is 1. The molecule has 0 unspecified atom stereocenters. The zero-order chi connectivity index (χ0) is 18.4. The minimum absolute atomic E-state index is 0.223. The molecule has 0 spiro atoms. The summed E-state index contributed by atoms with van der Waals surface area (Å²) in [7, 11) is 1.45. The zero-order valence-corrected chi connectivity index (χ0v) is 14.2. The highest BCUT2D eigenvalue weighted by molar-refractivity contribution is 5.78. The van der Waals surface area contributed by atoms with Gasteiger partial charge in [0.15, 0.2) is 6.29 Å². The summed E-state index contributed by atoms with van der Waals surface area (Å²) in [5.74, 6) is 0.580. The highest BCUT2D eigenvalue weighted by Gasteiger charge is 2.11. The number of benzene rings is 2. The highest BCUT2D eigenvalue weighted by Crippen LogP contribution is 2.28. The summed E-state index contributed by atoms with van der Waals surface area (Å²) in [6, 6.07) is 20.6. The monoisotopic (exact) mass is 344 g/mol. The molecule has 0 saturated heterocycles. The molecule has 128 valence electrons. The van der Waals surface area contributed by atoms with Gasteiger partial charge < -0.3 is 9.47 Å². The van der Waals surface area contributed by atoms with Crippen molar-refractivity contribution < 1.29 is 14.3 Å². The van der Waals surface area contributed by atoms with Gasteiger partial charge in [0.25, 0.3) is 0 Å². The summed E-state index contributed by atoms with van der Waals surface area (Å²) in [5, 5.41) is 9.35. The molecule has 3 rings (SSSR count). The van der Waals surface area contributed by atoms with Crippen LogP contribution in [0.1, 0.15) is 21.5 Å². The van der Waals surface area contributed by atoms with Gasteiger partial charge in [-0.3, -0.25) is 4.79 Å². The second-order valence-corrected chi connectivity index (χ2v) is 5.47. The Hall–Kier alpha value is -3.65. The van der Waals surface area contributed by atoms with E-state index in [0.29, 0.717) is 23.3 Å². The quantitative estimate of drug-likeness (QED) is 0.632. The number of hydrogen-bond acceptors (Lipinski definition) is 5. The van der Waals surface area contributed by atoms with Gasteiger partial charge >= 0.3 is 0 Å². The molecule has 0 atom stereocenters. The molecule has 0 amide bonds. The number of aldehydes is 1. The molecular formula is C21H16N2O3. The average Bonchev–Trinajstić information content (AvgIpc) is 2.72. The molecule has 5 nitrogen and oxygen atoms in total. The van der Waals surface area contributed by atoms with Crippen LogP contribution in [0.4, 0.5) is 0 Å². The molecule has 0 saturated carbocycles. The first-order valence-electron chi connectivity index (χ1n) is 7.97. The summed E-state index contributed by atoms with van der Waals surface area (Å²) >= 11 is 0. The lowest BCUT2D eigenvalue weighted by Gasteiger charge is -2.12. The van der Waals surface area contributed by atoms with Crippen molar-refractivity contribution in [1.82, 2.24) is 4.98 Å². The van der Waals surface area contributed by atoms with Crippen LogP contribution in [0, 0.1) is 11.3 Å². The summed E-state index contributed by atoms with van der Waals surface area (Å²) in [6.07, 6.45) is 0.684. The van der Waals surface area contributed by atoms with Crippen LogP contribution in [0.2, 0.25) is 0 Å². The maximum Gasteiger partial charge on any atom is 0.227 e. The molecule has 0 N–H and O–H groups in total. The van der Waals surface area contributed by atoms with Gasteiger partial charge in [-0.25, -0.2) is 0 Å². The standard InChI is InChI=1S/C21H16N2O3/c1-25-21-16(13-24)10-11-20(23-21)26-14-17-7-3-5-9-19(17)18-8-4-2-6-15(18)12-22/h2-11,13H,14H2,1H3. The van der Waals surface area contributed by atoms with Gasteiger partial charge in [-0.2, -0.15) is 10.2 Å². The number of nitrogens with zero attached hydrogens (tertiary/aromatic N) is 2. The molecule has 1 aromatic heterocycles. The van der Waals surface area contributed by atoms with Gasteiger partial charge in [-0.15, -0.1) is 0 Å². The fourth-order valence-corrected chi connectivity index (χ4v) is 2.64. The third-order valence-electron chi connectivity index (χ3n) is 3.92. The van der Waals surface area contributed by atoms with Crippen LogP contribution in [0.25, 0.3) is 11.1 Å². The molecule has 0 fully saturated rings. The van der Waals surface area contributed by atoms with Crippen molar-refractivity contribution in [2.24, 2.45) is 0 Å². The van der Waals surface area contributed by atoms with E-state index in [1.807, 2.05) is 42.5 Å². The number of pyridine rings is 1. The van der Waals surface area contributed by atoms with E-state index in [2.05, 4.69) is 11.1 Å². The van der Waals surface area contributed by atoms with E-state index in [4.69, 9.17) is 9.47 Å². The predicted molar refractivity (Wildman–Crippen MR) is 97.1 cm³/mol. The minimum Gasteiger partial charge on any atom is -0.480 e. The second kappa shape index (κ2) is 7.95. The van der Waals surface area contributed by atoms with Crippen molar-refractivity contribution in [1.29, 1.82) is 5.26 Å². The summed E-state index contributed by atoms with van der Waals surface area (Å²) < 4.78 is 10.9. The lowest BCUT2D eigenvalue weighted by atomic mass is 9.96. The highest BCUT2D eigenvalue weighted by atomic mass is 16.5. The predicted octanol–water partition coefficient (Wildman–Crippen LogP) is 4.02. The van der Waals surface area contributed by atoms with Crippen LogP contribution in [-0.2, 0) is 6.61 Å². The second-order valence-electron chi connectivity index (χ2n) is 5.47. The van der Waals surface area contributed by atoms with Crippen molar-refractivity contribution in [2.75, 3.05) is 7.11 Å². The molecule has 0 aliphatic carbocycles. The number of carbonyl (C=O) groups is 1. The van der Waals surface area contributed by atoms with E-state index in [9.17, 15) is 10.1 Å². The maximum atomic E-state index is 11.0. The lowest BCUT2D eigenvalue weighted by Crippen LogP contribution is -2.02. The molecule has 0 radical (unpaired) electrons. The number of nitriles is 1. The van der Waals surface area contributed by atoms with Crippen molar-refractivity contribution in [3.8, 4) is 29.0 Å². The van der Waals surface area contributed by atoms with E-state index in [1.165, 1.54) is 7.11 Å². The Kier molecular flexibility index (Phi) is 5.25. The van der Waals surface area contributed by atoms with E-state index >= 15 is 0 Å². The Labute approximate surface area is 151 Å². The van der Waals surface area contributed by atoms with E-state index in [1.54, 1.807) is 18.2 Å². The smallest absolute Gasteiger partial charge is 0.227 e. The first-order valence-corrected chi connectivity index (χ1v) is 7.97. The Morgan fingerprint density at radius 3 is 2.50 bits per heavy atom. The van der Waals surface area contributed by atoms with E-state index in [0.717, 1.165) is 16.7 Å². The normalized spacial score (nSPS) is 10.0. The number of rotatable bonds is 6. The van der Waals surface area contributed by atoms with Gasteiger partial charge in [0.2, 0.25) is 11.8 Å². The zero-order valence-electron chi connectivity index (χ0n) is 14.2. The van der Waals surface area contributed by atoms with Crippen molar-refractivity contribution in [3.63, 3.8) is 0 Å². The average molecular weight is 344 g/mol. The largest absolute Gasteiger partial charge is 0.480 e. The molecule has 1 heterocycles. The number of methoxy groups -OCH3 is 1. The van der Waals surface area contributed by atoms with Crippen molar-refractivity contribution in [2.45, 2.75) is 6.61 Å².